The highest BCUT2D eigenvalue weighted by Crippen LogP contribution is 2.21. The smallest absolute Gasteiger partial charge is 0.254 e. The number of H-pyrrole nitrogens is 1. The molecule has 1 N–H and O–H groups in total. The maximum atomic E-state index is 12.6. The number of nitrogens with one attached hydrogen (secondary N) is 1. The number of amides is 1. The molecule has 0 radical (unpaired) electrons. The Morgan fingerprint density at radius 3 is 2.84 bits per heavy atom. The fourth-order valence-electron chi connectivity index (χ4n) is 2.74. The second-order valence-corrected chi connectivity index (χ2v) is 4.97. The van der Waals surface area contributed by atoms with E-state index in [9.17, 15) is 4.79 Å². The Morgan fingerprint density at radius 2 is 2.11 bits per heavy atom. The molecule has 0 spiro atoms. The average molecular weight is 258 g/mol. The maximum absolute atomic E-state index is 12.6. The van der Waals surface area contributed by atoms with Crippen molar-refractivity contribution in [1.82, 2.24) is 9.88 Å². The molecule has 4 heteroatoms. The third kappa shape index (κ3) is 2.24. The Labute approximate surface area is 112 Å². The van der Waals surface area contributed by atoms with Crippen molar-refractivity contribution in [2.75, 3.05) is 20.2 Å². The van der Waals surface area contributed by atoms with E-state index in [2.05, 4.69) is 4.98 Å². The quantitative estimate of drug-likeness (QED) is 0.899. The number of piperidine rings is 1. The number of likely N-dealkylation sites (tertiary alicyclic amines) is 1. The third-order valence-corrected chi connectivity index (χ3v) is 3.89. The summed E-state index contributed by atoms with van der Waals surface area (Å²) in [6.07, 6.45) is 4.02. The fraction of sp³-hybridized carbons (Fsp3) is 0.400. The van der Waals surface area contributed by atoms with Crippen molar-refractivity contribution >= 4 is 16.8 Å². The van der Waals surface area contributed by atoms with E-state index in [1.54, 1.807) is 7.11 Å². The van der Waals surface area contributed by atoms with Crippen LogP contribution in [-0.2, 0) is 4.74 Å². The molecule has 0 aliphatic carbocycles. The number of ether oxygens (including phenoxy) is 1. The summed E-state index contributed by atoms with van der Waals surface area (Å²) >= 11 is 0. The number of fused-ring (bicyclic) bond motifs is 1. The fourth-order valence-corrected chi connectivity index (χ4v) is 2.74. The van der Waals surface area contributed by atoms with E-state index in [1.165, 1.54) is 0 Å². The predicted octanol–water partition coefficient (Wildman–Crippen LogP) is 2.42. The minimum Gasteiger partial charge on any atom is -0.381 e. The van der Waals surface area contributed by atoms with Gasteiger partial charge in [-0.25, -0.2) is 0 Å². The number of methoxy groups -OCH3 is 1. The maximum Gasteiger partial charge on any atom is 0.254 e. The molecule has 0 bridgehead atoms. The first kappa shape index (κ1) is 12.2. The number of carbonyl (C=O) groups excluding carboxylic acids is 1. The molecule has 0 saturated carbocycles. The first-order chi connectivity index (χ1) is 9.29. The van der Waals surface area contributed by atoms with Gasteiger partial charge in [-0.2, -0.15) is 0 Å². The summed E-state index contributed by atoms with van der Waals surface area (Å²) in [6.45, 7) is 1.55. The van der Waals surface area contributed by atoms with E-state index < -0.39 is 0 Å². The summed E-state index contributed by atoms with van der Waals surface area (Å²) in [6, 6.07) is 7.78. The number of hydrogen-bond donors (Lipinski definition) is 1. The van der Waals surface area contributed by atoms with Crippen molar-refractivity contribution in [3.8, 4) is 0 Å². The summed E-state index contributed by atoms with van der Waals surface area (Å²) in [4.78, 5) is 17.6. The van der Waals surface area contributed by atoms with E-state index in [1.807, 2.05) is 35.4 Å². The molecule has 1 aliphatic rings. The van der Waals surface area contributed by atoms with E-state index >= 15 is 0 Å². The first-order valence-electron chi connectivity index (χ1n) is 6.68. The Kier molecular flexibility index (Phi) is 3.25. The van der Waals surface area contributed by atoms with Gasteiger partial charge in [0.05, 0.1) is 6.10 Å². The zero-order valence-corrected chi connectivity index (χ0v) is 11.1. The largest absolute Gasteiger partial charge is 0.381 e. The van der Waals surface area contributed by atoms with Crippen LogP contribution in [0.15, 0.2) is 30.5 Å². The van der Waals surface area contributed by atoms with Crippen molar-refractivity contribution in [3.05, 3.63) is 36.0 Å². The van der Waals surface area contributed by atoms with Crippen LogP contribution in [0.5, 0.6) is 0 Å². The average Bonchev–Trinajstić information content (AvgIpc) is 2.95. The lowest BCUT2D eigenvalue weighted by atomic mass is 10.0. The van der Waals surface area contributed by atoms with Crippen LogP contribution in [0.1, 0.15) is 23.2 Å². The second-order valence-electron chi connectivity index (χ2n) is 4.97. The van der Waals surface area contributed by atoms with Crippen LogP contribution in [0.2, 0.25) is 0 Å². The molecule has 19 heavy (non-hydrogen) atoms. The zero-order chi connectivity index (χ0) is 13.2. The molecule has 1 aromatic heterocycles. The van der Waals surface area contributed by atoms with Gasteiger partial charge in [-0.05, 0) is 31.0 Å². The van der Waals surface area contributed by atoms with Crippen LogP contribution >= 0.6 is 0 Å². The summed E-state index contributed by atoms with van der Waals surface area (Å²) < 4.78 is 5.34. The number of hydrogen-bond acceptors (Lipinski definition) is 2. The van der Waals surface area contributed by atoms with Crippen molar-refractivity contribution in [1.29, 1.82) is 0 Å². The van der Waals surface area contributed by atoms with Crippen molar-refractivity contribution in [2.24, 2.45) is 0 Å². The number of aromatic nitrogens is 1. The minimum absolute atomic E-state index is 0.125. The predicted molar refractivity (Wildman–Crippen MR) is 74.2 cm³/mol. The molecular weight excluding hydrogens is 240 g/mol. The molecule has 0 unspecified atom stereocenters. The van der Waals surface area contributed by atoms with Gasteiger partial charge in [0.2, 0.25) is 0 Å². The van der Waals surface area contributed by atoms with Gasteiger partial charge in [-0.3, -0.25) is 4.79 Å². The molecule has 1 saturated heterocycles. The summed E-state index contributed by atoms with van der Waals surface area (Å²) in [7, 11) is 1.74. The van der Waals surface area contributed by atoms with Gasteiger partial charge >= 0.3 is 0 Å². The van der Waals surface area contributed by atoms with Gasteiger partial charge in [0.1, 0.15) is 0 Å². The van der Waals surface area contributed by atoms with Crippen LogP contribution in [-0.4, -0.2) is 42.1 Å². The van der Waals surface area contributed by atoms with Gasteiger partial charge in [0, 0.05) is 42.9 Å². The zero-order valence-electron chi connectivity index (χ0n) is 11.1. The molecule has 1 aliphatic heterocycles. The number of rotatable bonds is 2. The van der Waals surface area contributed by atoms with Crippen molar-refractivity contribution in [3.63, 3.8) is 0 Å². The van der Waals surface area contributed by atoms with Gasteiger partial charge in [0.25, 0.3) is 5.91 Å². The normalized spacial score (nSPS) is 17.0. The van der Waals surface area contributed by atoms with Gasteiger partial charge in [0.15, 0.2) is 0 Å². The van der Waals surface area contributed by atoms with E-state index in [-0.39, 0.29) is 5.91 Å². The van der Waals surface area contributed by atoms with E-state index in [4.69, 9.17) is 4.74 Å². The van der Waals surface area contributed by atoms with E-state index in [0.717, 1.165) is 42.4 Å². The minimum atomic E-state index is 0.125. The Balaban J connectivity index is 1.82. The van der Waals surface area contributed by atoms with Crippen LogP contribution in [0.4, 0.5) is 0 Å². The molecule has 2 heterocycles. The van der Waals surface area contributed by atoms with E-state index in [0.29, 0.717) is 6.10 Å². The second kappa shape index (κ2) is 5.05. The SMILES string of the molecule is COC1CCN(C(=O)c2cccc3[nH]ccc23)CC1. The number of benzene rings is 1. The van der Waals surface area contributed by atoms with Crippen LogP contribution in [0.25, 0.3) is 10.9 Å². The number of carbonyl (C=O) groups is 1. The lowest BCUT2D eigenvalue weighted by Crippen LogP contribution is -2.40. The molecule has 0 atom stereocenters. The monoisotopic (exact) mass is 258 g/mol. The summed E-state index contributed by atoms with van der Waals surface area (Å²) in [5, 5.41) is 1.00. The summed E-state index contributed by atoms with van der Waals surface area (Å²) in [5.41, 5.74) is 1.80. The number of nitrogens with zero attached hydrogens (tertiary/aromatic N) is 1. The molecule has 100 valence electrons. The molecule has 3 rings (SSSR count). The molecule has 1 amide bonds. The Morgan fingerprint density at radius 1 is 1.32 bits per heavy atom. The van der Waals surface area contributed by atoms with Crippen molar-refractivity contribution < 1.29 is 9.53 Å². The standard InChI is InChI=1S/C15H18N2O2/c1-19-11-6-9-17(10-7-11)15(18)13-3-2-4-14-12(13)5-8-16-14/h2-5,8,11,16H,6-7,9-10H2,1H3. The molecule has 4 nitrogen and oxygen atoms in total. The topological polar surface area (TPSA) is 45.3 Å². The highest BCUT2D eigenvalue weighted by Gasteiger charge is 2.24. The number of aromatic amines is 1. The molecule has 1 aromatic carbocycles. The van der Waals surface area contributed by atoms with Crippen LogP contribution < -0.4 is 0 Å². The third-order valence-electron chi connectivity index (χ3n) is 3.89. The molecular formula is C15H18N2O2. The van der Waals surface area contributed by atoms with Gasteiger partial charge < -0.3 is 14.6 Å². The lowest BCUT2D eigenvalue weighted by molar-refractivity contribution is 0.0352. The Bertz CT molecular complexity index is 583. The Hall–Kier alpha value is -1.81. The molecule has 2 aromatic rings. The lowest BCUT2D eigenvalue weighted by Gasteiger charge is -2.31. The molecule has 1 fully saturated rings. The van der Waals surface area contributed by atoms with Crippen LogP contribution in [0.3, 0.4) is 0 Å². The highest BCUT2D eigenvalue weighted by atomic mass is 16.5. The van der Waals surface area contributed by atoms with Gasteiger partial charge in [-0.15, -0.1) is 0 Å². The summed E-state index contributed by atoms with van der Waals surface area (Å²) in [5.74, 6) is 0.125. The first-order valence-corrected chi connectivity index (χ1v) is 6.68. The van der Waals surface area contributed by atoms with Gasteiger partial charge in [-0.1, -0.05) is 6.07 Å². The highest BCUT2D eigenvalue weighted by molar-refractivity contribution is 6.06. The van der Waals surface area contributed by atoms with Crippen molar-refractivity contribution in [2.45, 2.75) is 18.9 Å². The van der Waals surface area contributed by atoms with Crippen LogP contribution in [0, 0.1) is 0 Å².